The number of unbranched alkanes of at least 4 members (excludes halogenated alkanes) is 1. The quantitative estimate of drug-likeness (QED) is 0.381. The predicted molar refractivity (Wildman–Crippen MR) is 122 cm³/mol. The van der Waals surface area contributed by atoms with Gasteiger partial charge in [0, 0.05) is 11.3 Å². The average molecular weight is 434 g/mol. The van der Waals surface area contributed by atoms with Crippen molar-refractivity contribution in [2.75, 3.05) is 0 Å². The second-order valence-electron chi connectivity index (χ2n) is 7.45. The first-order valence-corrected chi connectivity index (χ1v) is 10.8. The fourth-order valence-corrected chi connectivity index (χ4v) is 4.00. The molecule has 0 aliphatic carbocycles. The number of pyridine rings is 1. The van der Waals surface area contributed by atoms with Crippen LogP contribution in [0.5, 0.6) is 0 Å². The Morgan fingerprint density at radius 2 is 1.81 bits per heavy atom. The predicted octanol–water partition coefficient (Wildman–Crippen LogP) is 5.01. The highest BCUT2D eigenvalue weighted by molar-refractivity contribution is 6.29. The van der Waals surface area contributed by atoms with E-state index in [0.717, 1.165) is 58.3 Å². The lowest BCUT2D eigenvalue weighted by Gasteiger charge is -2.14. The Bertz CT molecular complexity index is 1140. The van der Waals surface area contributed by atoms with E-state index in [1.54, 1.807) is 6.07 Å². The zero-order valence-corrected chi connectivity index (χ0v) is 18.1. The van der Waals surface area contributed by atoms with Gasteiger partial charge in [0.25, 0.3) is 0 Å². The normalized spacial score (nSPS) is 11.1. The number of benzene rings is 2. The van der Waals surface area contributed by atoms with Gasteiger partial charge >= 0.3 is 0 Å². The number of nitrogens with zero attached hydrogens (tertiary/aromatic N) is 4. The number of tetrazole rings is 1. The zero-order valence-electron chi connectivity index (χ0n) is 17.3. The minimum Gasteiger partial charge on any atom is -0.392 e. The summed E-state index contributed by atoms with van der Waals surface area (Å²) in [7, 11) is 0. The standard InChI is InChI=1S/C24H24ClN5O/c1-2-3-8-22-21(18(15-31)14-23(25)26-22)13-16-9-11-17(12-10-16)19-6-4-5-7-20(19)24-27-29-30-28-24/h4-7,9-12,14,31H,2-3,8,13,15H2,1H3,(H,27,28,29,30). The number of aryl methyl sites for hydroxylation is 1. The van der Waals surface area contributed by atoms with Crippen LogP contribution in [0, 0.1) is 0 Å². The van der Waals surface area contributed by atoms with Crippen LogP contribution < -0.4 is 0 Å². The molecule has 0 unspecified atom stereocenters. The molecule has 31 heavy (non-hydrogen) atoms. The number of nitrogens with one attached hydrogen (secondary N) is 1. The molecule has 0 saturated heterocycles. The molecule has 7 heteroatoms. The number of hydrogen-bond donors (Lipinski definition) is 2. The molecule has 0 amide bonds. The lowest BCUT2D eigenvalue weighted by atomic mass is 9.94. The molecule has 158 valence electrons. The molecule has 4 rings (SSSR count). The fraction of sp³-hybridized carbons (Fsp3) is 0.250. The van der Waals surface area contributed by atoms with Crippen LogP contribution in [-0.4, -0.2) is 30.7 Å². The lowest BCUT2D eigenvalue weighted by molar-refractivity contribution is 0.280. The summed E-state index contributed by atoms with van der Waals surface area (Å²) in [5.41, 5.74) is 7.09. The van der Waals surface area contributed by atoms with E-state index < -0.39 is 0 Å². The van der Waals surface area contributed by atoms with E-state index in [1.807, 2.05) is 18.2 Å². The monoisotopic (exact) mass is 433 g/mol. The Morgan fingerprint density at radius 3 is 2.48 bits per heavy atom. The molecular formula is C24H24ClN5O. The molecule has 2 N–H and O–H groups in total. The summed E-state index contributed by atoms with van der Waals surface area (Å²) in [4.78, 5) is 4.55. The van der Waals surface area contributed by atoms with E-state index in [4.69, 9.17) is 11.6 Å². The molecule has 0 aliphatic heterocycles. The summed E-state index contributed by atoms with van der Waals surface area (Å²) in [6.07, 6.45) is 3.68. The summed E-state index contributed by atoms with van der Waals surface area (Å²) in [6.45, 7) is 2.11. The number of halogens is 1. The second-order valence-corrected chi connectivity index (χ2v) is 7.83. The van der Waals surface area contributed by atoms with Crippen molar-refractivity contribution in [1.82, 2.24) is 25.6 Å². The van der Waals surface area contributed by atoms with Crippen LogP contribution in [0.3, 0.4) is 0 Å². The van der Waals surface area contributed by atoms with Crippen molar-refractivity contribution in [2.45, 2.75) is 39.2 Å². The second kappa shape index (κ2) is 9.81. The highest BCUT2D eigenvalue weighted by atomic mass is 35.5. The summed E-state index contributed by atoms with van der Waals surface area (Å²) in [5, 5.41) is 24.7. The molecule has 6 nitrogen and oxygen atoms in total. The van der Waals surface area contributed by atoms with Crippen LogP contribution in [0.1, 0.15) is 42.1 Å². The van der Waals surface area contributed by atoms with E-state index in [1.165, 1.54) is 0 Å². The van der Waals surface area contributed by atoms with Gasteiger partial charge in [-0.05, 0) is 58.4 Å². The third-order valence-corrected chi connectivity index (χ3v) is 5.56. The SMILES string of the molecule is CCCCc1nc(Cl)cc(CO)c1Cc1ccc(-c2ccccc2-c2nn[nH]n2)cc1. The molecule has 0 saturated carbocycles. The van der Waals surface area contributed by atoms with Gasteiger partial charge < -0.3 is 5.11 Å². The van der Waals surface area contributed by atoms with Crippen molar-refractivity contribution in [2.24, 2.45) is 0 Å². The Kier molecular flexibility index (Phi) is 6.70. The fourth-order valence-electron chi connectivity index (χ4n) is 3.76. The van der Waals surface area contributed by atoms with Crippen LogP contribution in [0.15, 0.2) is 54.6 Å². The molecule has 0 radical (unpaired) electrons. The maximum absolute atomic E-state index is 9.88. The molecule has 4 aromatic rings. The van der Waals surface area contributed by atoms with Crippen LogP contribution >= 0.6 is 11.6 Å². The van der Waals surface area contributed by atoms with Gasteiger partial charge in [0.05, 0.1) is 6.61 Å². The average Bonchev–Trinajstić information content (AvgIpc) is 3.34. The van der Waals surface area contributed by atoms with E-state index in [2.05, 4.69) is 62.9 Å². The largest absolute Gasteiger partial charge is 0.392 e. The minimum absolute atomic E-state index is 0.0488. The molecule has 0 spiro atoms. The van der Waals surface area contributed by atoms with Crippen molar-refractivity contribution in [3.05, 3.63) is 82.1 Å². The number of rotatable bonds is 8. The summed E-state index contributed by atoms with van der Waals surface area (Å²) in [5.74, 6) is 0.570. The summed E-state index contributed by atoms with van der Waals surface area (Å²) < 4.78 is 0. The molecule has 0 aliphatic rings. The van der Waals surface area contributed by atoms with Gasteiger partial charge in [0.1, 0.15) is 5.15 Å². The van der Waals surface area contributed by atoms with Crippen LogP contribution in [-0.2, 0) is 19.4 Å². The molecule has 0 atom stereocenters. The van der Waals surface area contributed by atoms with Crippen molar-refractivity contribution < 1.29 is 5.11 Å². The van der Waals surface area contributed by atoms with Gasteiger partial charge in [-0.25, -0.2) is 4.98 Å². The Morgan fingerprint density at radius 1 is 1.03 bits per heavy atom. The maximum Gasteiger partial charge on any atom is 0.205 e. The van der Waals surface area contributed by atoms with Crippen molar-refractivity contribution in [3.8, 4) is 22.5 Å². The number of aromatic amines is 1. The number of hydrogen-bond acceptors (Lipinski definition) is 5. The maximum atomic E-state index is 9.88. The Balaban J connectivity index is 1.64. The molecule has 2 heterocycles. The van der Waals surface area contributed by atoms with Gasteiger partial charge in [-0.15, -0.1) is 10.2 Å². The van der Waals surface area contributed by atoms with Crippen molar-refractivity contribution in [1.29, 1.82) is 0 Å². The van der Waals surface area contributed by atoms with Gasteiger partial charge in [0.2, 0.25) is 5.82 Å². The van der Waals surface area contributed by atoms with Crippen molar-refractivity contribution >= 4 is 11.6 Å². The van der Waals surface area contributed by atoms with Crippen LogP contribution in [0.25, 0.3) is 22.5 Å². The van der Waals surface area contributed by atoms with Crippen LogP contribution in [0.2, 0.25) is 5.15 Å². The topological polar surface area (TPSA) is 87.6 Å². The molecule has 2 aromatic heterocycles. The van der Waals surface area contributed by atoms with Gasteiger partial charge in [0.15, 0.2) is 0 Å². The molecule has 0 fully saturated rings. The van der Waals surface area contributed by atoms with Gasteiger partial charge in [-0.2, -0.15) is 5.21 Å². The minimum atomic E-state index is -0.0488. The van der Waals surface area contributed by atoms with E-state index >= 15 is 0 Å². The zero-order chi connectivity index (χ0) is 21.6. The first kappa shape index (κ1) is 21.2. The number of H-pyrrole nitrogens is 1. The van der Waals surface area contributed by atoms with E-state index in [0.29, 0.717) is 17.4 Å². The molecular weight excluding hydrogens is 410 g/mol. The number of aliphatic hydroxyl groups is 1. The first-order chi connectivity index (χ1) is 15.2. The number of aromatic nitrogens is 5. The first-order valence-electron chi connectivity index (χ1n) is 10.4. The number of aliphatic hydroxyl groups excluding tert-OH is 1. The van der Waals surface area contributed by atoms with E-state index in [9.17, 15) is 5.11 Å². The van der Waals surface area contributed by atoms with Gasteiger partial charge in [-0.3, -0.25) is 0 Å². The third kappa shape index (κ3) is 4.81. The third-order valence-electron chi connectivity index (χ3n) is 5.37. The summed E-state index contributed by atoms with van der Waals surface area (Å²) >= 11 is 6.19. The Labute approximate surface area is 186 Å². The lowest BCUT2D eigenvalue weighted by Crippen LogP contribution is -2.05. The smallest absolute Gasteiger partial charge is 0.205 e. The van der Waals surface area contributed by atoms with Crippen molar-refractivity contribution in [3.63, 3.8) is 0 Å². The summed E-state index contributed by atoms with van der Waals surface area (Å²) in [6, 6.07) is 18.2. The van der Waals surface area contributed by atoms with E-state index in [-0.39, 0.29) is 6.61 Å². The molecule has 2 aromatic carbocycles. The highest BCUT2D eigenvalue weighted by Gasteiger charge is 2.14. The van der Waals surface area contributed by atoms with Crippen LogP contribution in [0.4, 0.5) is 0 Å². The molecule has 0 bridgehead atoms. The highest BCUT2D eigenvalue weighted by Crippen LogP contribution is 2.30. The Hall–Kier alpha value is -3.09. The van der Waals surface area contributed by atoms with Gasteiger partial charge in [-0.1, -0.05) is 73.5 Å².